The minimum absolute atomic E-state index is 0.0983. The lowest BCUT2D eigenvalue weighted by Gasteiger charge is -2.22. The van der Waals surface area contributed by atoms with E-state index in [1.807, 2.05) is 17.5 Å². The van der Waals surface area contributed by atoms with Crippen LogP contribution in [-0.2, 0) is 9.59 Å². The normalized spacial score (nSPS) is 16.9. The highest BCUT2D eigenvalue weighted by atomic mass is 32.1. The van der Waals surface area contributed by atoms with Gasteiger partial charge in [-0.1, -0.05) is 24.3 Å². The zero-order valence-corrected chi connectivity index (χ0v) is 13.6. The molecule has 1 amide bonds. The molecule has 0 unspecified atom stereocenters. The van der Waals surface area contributed by atoms with Crippen molar-refractivity contribution in [2.24, 2.45) is 5.10 Å². The molecule has 1 aromatic heterocycles. The Labute approximate surface area is 142 Å². The fraction of sp³-hybridized carbons (Fsp3) is 0.235. The van der Waals surface area contributed by atoms with Gasteiger partial charge in [0.2, 0.25) is 5.91 Å². The minimum atomic E-state index is -1.02. The van der Waals surface area contributed by atoms with Crippen molar-refractivity contribution >= 4 is 28.9 Å². The summed E-state index contributed by atoms with van der Waals surface area (Å²) in [6.45, 7) is 0. The number of hydrazone groups is 1. The van der Waals surface area contributed by atoms with Gasteiger partial charge in [0, 0.05) is 18.4 Å². The molecule has 0 spiro atoms. The summed E-state index contributed by atoms with van der Waals surface area (Å²) in [6.07, 6.45) is 0.115. The van der Waals surface area contributed by atoms with E-state index in [4.69, 9.17) is 5.11 Å². The molecule has 2 aromatic rings. The highest BCUT2D eigenvalue weighted by Gasteiger charge is 2.34. The lowest BCUT2D eigenvalue weighted by atomic mass is 10.00. The van der Waals surface area contributed by atoms with E-state index in [2.05, 4.69) is 5.10 Å². The third-order valence-electron chi connectivity index (χ3n) is 3.82. The second-order valence-corrected chi connectivity index (χ2v) is 6.38. The molecule has 0 saturated carbocycles. The van der Waals surface area contributed by atoms with E-state index >= 15 is 0 Å². The standard InChI is InChI=1S/C17H16N2O4S/c20-14-5-2-1-4-11(14)13-10-12(15-6-3-9-24-15)18-19(13)16(21)7-8-17(22)23/h1-6,9,13,20H,7-8,10H2,(H,22,23)/t13-/m1/s1. The van der Waals surface area contributed by atoms with Crippen LogP contribution in [0.2, 0.25) is 0 Å². The zero-order chi connectivity index (χ0) is 17.1. The number of phenols is 1. The fourth-order valence-electron chi connectivity index (χ4n) is 2.67. The average molecular weight is 344 g/mol. The predicted molar refractivity (Wildman–Crippen MR) is 90.0 cm³/mol. The van der Waals surface area contributed by atoms with Crippen molar-refractivity contribution in [2.45, 2.75) is 25.3 Å². The Morgan fingerprint density at radius 3 is 2.67 bits per heavy atom. The van der Waals surface area contributed by atoms with E-state index in [0.29, 0.717) is 12.0 Å². The molecule has 6 nitrogen and oxygen atoms in total. The van der Waals surface area contributed by atoms with E-state index in [0.717, 1.165) is 10.6 Å². The SMILES string of the molecule is O=C(O)CCC(=O)N1N=C(c2cccs2)C[C@@H]1c1ccccc1O. The number of benzene rings is 1. The first-order valence-corrected chi connectivity index (χ1v) is 8.37. The van der Waals surface area contributed by atoms with Gasteiger partial charge in [-0.25, -0.2) is 5.01 Å². The van der Waals surface area contributed by atoms with Gasteiger partial charge in [-0.05, 0) is 17.5 Å². The molecule has 0 bridgehead atoms. The van der Waals surface area contributed by atoms with Gasteiger partial charge in [0.05, 0.1) is 23.1 Å². The first kappa shape index (κ1) is 16.2. The van der Waals surface area contributed by atoms with Crippen LogP contribution in [0.4, 0.5) is 0 Å². The smallest absolute Gasteiger partial charge is 0.303 e. The molecule has 7 heteroatoms. The van der Waals surface area contributed by atoms with Crippen LogP contribution in [0.1, 0.15) is 35.7 Å². The minimum Gasteiger partial charge on any atom is -0.508 e. The Morgan fingerprint density at radius 1 is 1.21 bits per heavy atom. The van der Waals surface area contributed by atoms with Crippen molar-refractivity contribution in [3.63, 3.8) is 0 Å². The van der Waals surface area contributed by atoms with Crippen LogP contribution in [0.3, 0.4) is 0 Å². The molecule has 124 valence electrons. The number of nitrogens with zero attached hydrogens (tertiary/aromatic N) is 2. The van der Waals surface area contributed by atoms with Crippen molar-refractivity contribution in [1.29, 1.82) is 0 Å². The number of para-hydroxylation sites is 1. The summed E-state index contributed by atoms with van der Waals surface area (Å²) in [4.78, 5) is 24.1. The number of hydrogen-bond acceptors (Lipinski definition) is 5. The fourth-order valence-corrected chi connectivity index (χ4v) is 3.39. The van der Waals surface area contributed by atoms with Crippen molar-refractivity contribution in [3.8, 4) is 5.75 Å². The van der Waals surface area contributed by atoms with Gasteiger partial charge in [0.1, 0.15) is 5.75 Å². The second-order valence-electron chi connectivity index (χ2n) is 5.43. The number of thiophene rings is 1. The van der Waals surface area contributed by atoms with Crippen LogP contribution in [0.5, 0.6) is 5.75 Å². The van der Waals surface area contributed by atoms with Crippen LogP contribution >= 0.6 is 11.3 Å². The number of carboxylic acid groups (broad SMARTS) is 1. The summed E-state index contributed by atoms with van der Waals surface area (Å²) >= 11 is 1.53. The number of hydrogen-bond donors (Lipinski definition) is 2. The molecule has 24 heavy (non-hydrogen) atoms. The molecule has 2 N–H and O–H groups in total. The number of phenolic OH excluding ortho intramolecular Hbond substituents is 1. The lowest BCUT2D eigenvalue weighted by molar-refractivity contribution is -0.141. The topological polar surface area (TPSA) is 90.2 Å². The Kier molecular flexibility index (Phi) is 4.61. The van der Waals surface area contributed by atoms with Crippen LogP contribution in [0, 0.1) is 0 Å². The van der Waals surface area contributed by atoms with Gasteiger partial charge in [-0.2, -0.15) is 5.10 Å². The molecule has 2 heterocycles. The van der Waals surface area contributed by atoms with Gasteiger partial charge in [0.25, 0.3) is 0 Å². The van der Waals surface area contributed by atoms with E-state index in [1.54, 1.807) is 24.3 Å². The molecular formula is C17H16N2O4S. The molecule has 0 fully saturated rings. The first-order chi connectivity index (χ1) is 11.6. The van der Waals surface area contributed by atoms with Crippen LogP contribution in [0.25, 0.3) is 0 Å². The van der Waals surface area contributed by atoms with Gasteiger partial charge >= 0.3 is 5.97 Å². The van der Waals surface area contributed by atoms with Gasteiger partial charge < -0.3 is 10.2 Å². The molecule has 3 rings (SSSR count). The molecule has 0 saturated heterocycles. The van der Waals surface area contributed by atoms with E-state index < -0.39 is 12.0 Å². The number of carbonyl (C=O) groups excluding carboxylic acids is 1. The Bertz CT molecular complexity index is 786. The molecule has 1 aromatic carbocycles. The molecule has 0 radical (unpaired) electrons. The zero-order valence-electron chi connectivity index (χ0n) is 12.8. The monoisotopic (exact) mass is 344 g/mol. The van der Waals surface area contributed by atoms with E-state index in [1.165, 1.54) is 16.3 Å². The molecule has 1 atom stereocenters. The Hall–Kier alpha value is -2.67. The molecular weight excluding hydrogens is 328 g/mol. The van der Waals surface area contributed by atoms with Crippen LogP contribution < -0.4 is 0 Å². The summed E-state index contributed by atoms with van der Waals surface area (Å²) in [5.41, 5.74) is 1.37. The van der Waals surface area contributed by atoms with Crippen molar-refractivity contribution in [1.82, 2.24) is 5.01 Å². The number of aromatic hydroxyl groups is 1. The summed E-state index contributed by atoms with van der Waals surface area (Å²) < 4.78 is 0. The number of rotatable bonds is 5. The Balaban J connectivity index is 1.91. The highest BCUT2D eigenvalue weighted by Crippen LogP contribution is 2.37. The largest absolute Gasteiger partial charge is 0.508 e. The van der Waals surface area contributed by atoms with Crippen LogP contribution in [0.15, 0.2) is 46.9 Å². The maximum atomic E-state index is 12.4. The van der Waals surface area contributed by atoms with Gasteiger partial charge in [0.15, 0.2) is 0 Å². The lowest BCUT2D eigenvalue weighted by Crippen LogP contribution is -2.27. The van der Waals surface area contributed by atoms with Gasteiger partial charge in [-0.15, -0.1) is 11.3 Å². The third kappa shape index (κ3) is 3.30. The summed E-state index contributed by atoms with van der Waals surface area (Å²) in [6, 6.07) is 10.2. The Morgan fingerprint density at radius 2 is 2.00 bits per heavy atom. The van der Waals surface area contributed by atoms with Crippen molar-refractivity contribution in [3.05, 3.63) is 52.2 Å². The predicted octanol–water partition coefficient (Wildman–Crippen LogP) is 3.00. The van der Waals surface area contributed by atoms with E-state index in [-0.39, 0.29) is 24.5 Å². The summed E-state index contributed by atoms with van der Waals surface area (Å²) in [7, 11) is 0. The van der Waals surface area contributed by atoms with Gasteiger partial charge in [-0.3, -0.25) is 9.59 Å². The maximum absolute atomic E-state index is 12.4. The first-order valence-electron chi connectivity index (χ1n) is 7.49. The van der Waals surface area contributed by atoms with Crippen molar-refractivity contribution < 1.29 is 19.8 Å². The summed E-state index contributed by atoms with van der Waals surface area (Å²) in [5.74, 6) is -1.29. The number of amides is 1. The molecule has 1 aliphatic rings. The summed E-state index contributed by atoms with van der Waals surface area (Å²) in [5, 5.41) is 26.6. The number of carbonyl (C=O) groups is 2. The quantitative estimate of drug-likeness (QED) is 0.872. The third-order valence-corrected chi connectivity index (χ3v) is 4.74. The molecule has 0 aliphatic carbocycles. The number of aliphatic carboxylic acids is 1. The number of carboxylic acids is 1. The second kappa shape index (κ2) is 6.84. The molecule has 1 aliphatic heterocycles. The van der Waals surface area contributed by atoms with E-state index in [9.17, 15) is 14.7 Å². The maximum Gasteiger partial charge on any atom is 0.303 e. The van der Waals surface area contributed by atoms with Crippen LogP contribution in [-0.4, -0.2) is 32.8 Å². The highest BCUT2D eigenvalue weighted by molar-refractivity contribution is 7.12. The average Bonchev–Trinajstić information content (AvgIpc) is 3.22. The van der Waals surface area contributed by atoms with Crippen molar-refractivity contribution in [2.75, 3.05) is 0 Å².